The molecule has 0 aromatic heterocycles. The van der Waals surface area contributed by atoms with Crippen LogP contribution < -0.4 is 20.5 Å². The predicted molar refractivity (Wildman–Crippen MR) is 85.1 cm³/mol. The summed E-state index contributed by atoms with van der Waals surface area (Å²) in [6.07, 6.45) is 0.679. The smallest absolute Gasteiger partial charge is 0.312 e. The molecular formula is C17H20N2O3. The fraction of sp³-hybridized carbons (Fsp3) is 0.235. The molecule has 0 aliphatic carbocycles. The SMILES string of the molecule is COc1cc(CCNC(N)=O)ccc1OCc1ccccc1. The van der Waals surface area contributed by atoms with Gasteiger partial charge in [-0.15, -0.1) is 0 Å². The lowest BCUT2D eigenvalue weighted by Crippen LogP contribution is -2.30. The third-order valence-corrected chi connectivity index (χ3v) is 3.18. The lowest BCUT2D eigenvalue weighted by atomic mass is 10.1. The molecule has 0 atom stereocenters. The van der Waals surface area contributed by atoms with Crippen LogP contribution in [-0.4, -0.2) is 19.7 Å². The van der Waals surface area contributed by atoms with Gasteiger partial charge in [0.1, 0.15) is 6.61 Å². The Balaban J connectivity index is 1.98. The van der Waals surface area contributed by atoms with Crippen molar-refractivity contribution >= 4 is 6.03 Å². The van der Waals surface area contributed by atoms with Crippen LogP contribution in [0, 0.1) is 0 Å². The molecule has 0 fully saturated rings. The first kappa shape index (κ1) is 15.7. The van der Waals surface area contributed by atoms with Gasteiger partial charge in [-0.1, -0.05) is 36.4 Å². The summed E-state index contributed by atoms with van der Waals surface area (Å²) in [7, 11) is 1.61. The number of primary amides is 1. The van der Waals surface area contributed by atoms with Gasteiger partial charge in [0, 0.05) is 6.54 Å². The van der Waals surface area contributed by atoms with Gasteiger partial charge in [-0.2, -0.15) is 0 Å². The molecule has 5 nitrogen and oxygen atoms in total. The molecule has 3 N–H and O–H groups in total. The molecule has 0 aliphatic heterocycles. The molecule has 0 heterocycles. The van der Waals surface area contributed by atoms with Crippen LogP contribution in [0.1, 0.15) is 11.1 Å². The summed E-state index contributed by atoms with van der Waals surface area (Å²) >= 11 is 0. The van der Waals surface area contributed by atoms with Crippen molar-refractivity contribution < 1.29 is 14.3 Å². The number of nitrogens with one attached hydrogen (secondary N) is 1. The summed E-state index contributed by atoms with van der Waals surface area (Å²) in [6, 6.07) is 15.2. The fourth-order valence-electron chi connectivity index (χ4n) is 2.05. The normalized spacial score (nSPS) is 10.0. The lowest BCUT2D eigenvalue weighted by molar-refractivity contribution is 0.249. The average molecular weight is 300 g/mol. The molecule has 0 bridgehead atoms. The molecule has 2 rings (SSSR count). The van der Waals surface area contributed by atoms with Gasteiger partial charge in [-0.3, -0.25) is 0 Å². The largest absolute Gasteiger partial charge is 0.493 e. The number of amides is 2. The van der Waals surface area contributed by atoms with Gasteiger partial charge in [0.15, 0.2) is 11.5 Å². The van der Waals surface area contributed by atoms with E-state index in [4.69, 9.17) is 15.2 Å². The topological polar surface area (TPSA) is 73.6 Å². The van der Waals surface area contributed by atoms with Crippen molar-refractivity contribution in [3.05, 3.63) is 59.7 Å². The van der Waals surface area contributed by atoms with E-state index in [0.29, 0.717) is 31.1 Å². The van der Waals surface area contributed by atoms with E-state index in [0.717, 1.165) is 11.1 Å². The highest BCUT2D eigenvalue weighted by Gasteiger charge is 2.06. The zero-order valence-corrected chi connectivity index (χ0v) is 12.5. The highest BCUT2D eigenvalue weighted by atomic mass is 16.5. The number of methoxy groups -OCH3 is 1. The van der Waals surface area contributed by atoms with E-state index >= 15 is 0 Å². The van der Waals surface area contributed by atoms with Crippen LogP contribution in [-0.2, 0) is 13.0 Å². The van der Waals surface area contributed by atoms with Crippen molar-refractivity contribution in [3.63, 3.8) is 0 Å². The number of hydrogen-bond acceptors (Lipinski definition) is 3. The van der Waals surface area contributed by atoms with Gasteiger partial charge in [0.25, 0.3) is 0 Å². The second kappa shape index (κ2) is 7.93. The minimum Gasteiger partial charge on any atom is -0.493 e. The highest BCUT2D eigenvalue weighted by molar-refractivity contribution is 5.71. The van der Waals surface area contributed by atoms with Crippen LogP contribution in [0.4, 0.5) is 4.79 Å². The Hall–Kier alpha value is -2.69. The molecule has 2 aromatic carbocycles. The number of carbonyl (C=O) groups excluding carboxylic acids is 1. The first-order valence-electron chi connectivity index (χ1n) is 7.06. The van der Waals surface area contributed by atoms with E-state index in [2.05, 4.69) is 5.32 Å². The Labute approximate surface area is 130 Å². The third kappa shape index (κ3) is 4.70. The summed E-state index contributed by atoms with van der Waals surface area (Å²) in [5, 5.41) is 2.56. The van der Waals surface area contributed by atoms with Crippen LogP contribution in [0.5, 0.6) is 11.5 Å². The zero-order chi connectivity index (χ0) is 15.8. The maximum absolute atomic E-state index is 10.7. The molecule has 116 valence electrons. The molecule has 0 unspecified atom stereocenters. The third-order valence-electron chi connectivity index (χ3n) is 3.18. The number of hydrogen-bond donors (Lipinski definition) is 2. The summed E-state index contributed by atoms with van der Waals surface area (Å²) in [4.78, 5) is 10.7. The molecule has 0 saturated carbocycles. The van der Waals surface area contributed by atoms with Gasteiger partial charge >= 0.3 is 6.03 Å². The maximum Gasteiger partial charge on any atom is 0.312 e. The number of rotatable bonds is 7. The van der Waals surface area contributed by atoms with E-state index in [1.807, 2.05) is 48.5 Å². The van der Waals surface area contributed by atoms with Crippen LogP contribution in [0.25, 0.3) is 0 Å². The van der Waals surface area contributed by atoms with E-state index in [1.165, 1.54) is 0 Å². The summed E-state index contributed by atoms with van der Waals surface area (Å²) in [5.74, 6) is 1.37. The molecule has 2 amide bonds. The first-order chi connectivity index (χ1) is 10.7. The molecule has 0 aliphatic rings. The standard InChI is InChI=1S/C17H20N2O3/c1-21-16-11-13(9-10-19-17(18)20)7-8-15(16)22-12-14-5-3-2-4-6-14/h2-8,11H,9-10,12H2,1H3,(H3,18,19,20). The van der Waals surface area contributed by atoms with Gasteiger partial charge in [-0.05, 0) is 29.7 Å². The molecule has 0 spiro atoms. The first-order valence-corrected chi connectivity index (χ1v) is 7.06. The Kier molecular flexibility index (Phi) is 5.65. The molecule has 0 radical (unpaired) electrons. The molecular weight excluding hydrogens is 280 g/mol. The number of nitrogens with two attached hydrogens (primary N) is 1. The summed E-state index contributed by atoms with van der Waals surface area (Å²) in [6.45, 7) is 0.975. The van der Waals surface area contributed by atoms with Gasteiger partial charge in [0.05, 0.1) is 7.11 Å². The maximum atomic E-state index is 10.7. The van der Waals surface area contributed by atoms with Crippen LogP contribution in [0.15, 0.2) is 48.5 Å². The van der Waals surface area contributed by atoms with Gasteiger partial charge in [0.2, 0.25) is 0 Å². The molecule has 22 heavy (non-hydrogen) atoms. The highest BCUT2D eigenvalue weighted by Crippen LogP contribution is 2.29. The van der Waals surface area contributed by atoms with Crippen molar-refractivity contribution in [2.24, 2.45) is 5.73 Å². The summed E-state index contributed by atoms with van der Waals surface area (Å²) < 4.78 is 11.2. The Bertz CT molecular complexity index is 615. The number of urea groups is 1. The molecule has 0 saturated heterocycles. The van der Waals surface area contributed by atoms with Crippen molar-refractivity contribution in [3.8, 4) is 11.5 Å². The van der Waals surface area contributed by atoms with Gasteiger partial charge < -0.3 is 20.5 Å². The van der Waals surface area contributed by atoms with E-state index in [9.17, 15) is 4.79 Å². The van der Waals surface area contributed by atoms with E-state index < -0.39 is 6.03 Å². The van der Waals surface area contributed by atoms with E-state index in [-0.39, 0.29) is 0 Å². The van der Waals surface area contributed by atoms with Gasteiger partial charge in [-0.25, -0.2) is 4.79 Å². The Morgan fingerprint density at radius 1 is 1.09 bits per heavy atom. The van der Waals surface area contributed by atoms with Crippen molar-refractivity contribution in [2.45, 2.75) is 13.0 Å². The van der Waals surface area contributed by atoms with Crippen LogP contribution in [0.3, 0.4) is 0 Å². The fourth-order valence-corrected chi connectivity index (χ4v) is 2.05. The Morgan fingerprint density at radius 3 is 2.55 bits per heavy atom. The average Bonchev–Trinajstić information content (AvgIpc) is 2.54. The van der Waals surface area contributed by atoms with Crippen LogP contribution in [0.2, 0.25) is 0 Å². The molecule has 2 aromatic rings. The predicted octanol–water partition coefficient (Wildman–Crippen LogP) is 2.49. The monoisotopic (exact) mass is 300 g/mol. The minimum absolute atomic E-state index is 0.486. The number of benzene rings is 2. The van der Waals surface area contributed by atoms with Crippen molar-refractivity contribution in [1.29, 1.82) is 0 Å². The van der Waals surface area contributed by atoms with Crippen LogP contribution >= 0.6 is 0 Å². The van der Waals surface area contributed by atoms with Crippen molar-refractivity contribution in [1.82, 2.24) is 5.32 Å². The quantitative estimate of drug-likeness (QED) is 0.825. The lowest BCUT2D eigenvalue weighted by Gasteiger charge is -2.12. The Morgan fingerprint density at radius 2 is 1.86 bits per heavy atom. The second-order valence-corrected chi connectivity index (χ2v) is 4.80. The minimum atomic E-state index is -0.519. The second-order valence-electron chi connectivity index (χ2n) is 4.80. The van der Waals surface area contributed by atoms with Crippen molar-refractivity contribution in [2.75, 3.05) is 13.7 Å². The molecule has 5 heteroatoms. The number of ether oxygens (including phenoxy) is 2. The summed E-state index contributed by atoms with van der Waals surface area (Å²) in [5.41, 5.74) is 7.17. The zero-order valence-electron chi connectivity index (χ0n) is 12.5. The number of carbonyl (C=O) groups is 1. The van der Waals surface area contributed by atoms with E-state index in [1.54, 1.807) is 7.11 Å².